The van der Waals surface area contributed by atoms with Crippen molar-refractivity contribution in [1.82, 2.24) is 0 Å². The molecule has 0 heterocycles. The van der Waals surface area contributed by atoms with Crippen LogP contribution in [-0.4, -0.2) is 24.9 Å². The first kappa shape index (κ1) is 32.0. The summed E-state index contributed by atoms with van der Waals surface area (Å²) in [5, 5.41) is 9.41. The minimum Gasteiger partial charge on any atom is -0.489 e. The van der Waals surface area contributed by atoms with Crippen LogP contribution < -0.4 is 9.47 Å². The lowest BCUT2D eigenvalue weighted by Crippen LogP contribution is -1.99. The van der Waals surface area contributed by atoms with Crippen molar-refractivity contribution in [3.63, 3.8) is 0 Å². The highest BCUT2D eigenvalue weighted by molar-refractivity contribution is 6.30. The van der Waals surface area contributed by atoms with Crippen LogP contribution in [0.15, 0.2) is 121 Å². The third-order valence-electron chi connectivity index (χ3n) is 4.98. The van der Waals surface area contributed by atoms with Gasteiger partial charge in [-0.05, 0) is 74.4 Å². The van der Waals surface area contributed by atoms with Gasteiger partial charge in [-0.2, -0.15) is 0 Å². The highest BCUT2D eigenvalue weighted by Gasteiger charge is 2.10. The van der Waals surface area contributed by atoms with Gasteiger partial charge in [0.25, 0.3) is 0 Å². The molecule has 0 spiro atoms. The van der Waals surface area contributed by atoms with Crippen LogP contribution in [-0.2, 0) is 9.53 Å². The maximum atomic E-state index is 10.8. The first-order valence-electron chi connectivity index (χ1n) is 11.7. The molecule has 0 aliphatic rings. The van der Waals surface area contributed by atoms with Crippen molar-refractivity contribution < 1.29 is 28.5 Å². The highest BCUT2D eigenvalue weighted by Crippen LogP contribution is 2.35. The first-order valence-corrected chi connectivity index (χ1v) is 12.1. The van der Waals surface area contributed by atoms with Gasteiger partial charge < -0.3 is 19.3 Å². The van der Waals surface area contributed by atoms with Crippen molar-refractivity contribution in [2.75, 3.05) is 13.8 Å². The molecule has 2 aromatic rings. The lowest BCUT2D eigenvalue weighted by Gasteiger charge is -2.14. The van der Waals surface area contributed by atoms with Crippen molar-refractivity contribution in [1.29, 1.82) is 0 Å². The Morgan fingerprint density at radius 3 is 2.37 bits per heavy atom. The lowest BCUT2D eigenvalue weighted by atomic mass is 10.1. The van der Waals surface area contributed by atoms with Gasteiger partial charge in [0.05, 0.1) is 7.18 Å². The van der Waals surface area contributed by atoms with Crippen molar-refractivity contribution in [3.05, 3.63) is 126 Å². The van der Waals surface area contributed by atoms with Crippen LogP contribution in [0.25, 0.3) is 0 Å². The molecule has 0 saturated carbocycles. The number of benzene rings is 2. The molecule has 0 aliphatic carbocycles. The Morgan fingerprint density at radius 1 is 1.03 bits per heavy atom. The van der Waals surface area contributed by atoms with Crippen LogP contribution in [0, 0.1) is 0 Å². The van der Waals surface area contributed by atoms with Crippen LogP contribution in [0.2, 0.25) is 5.02 Å². The largest absolute Gasteiger partial charge is 0.489 e. The monoisotopic (exact) mass is 540 g/mol. The second-order valence-electron chi connectivity index (χ2n) is 7.73. The van der Waals surface area contributed by atoms with E-state index < -0.39 is 5.97 Å². The number of carbonyl (C=O) groups is 1. The molecule has 0 saturated heterocycles. The Labute approximate surface area is 229 Å². The fourth-order valence-corrected chi connectivity index (χ4v) is 3.06. The van der Waals surface area contributed by atoms with Crippen molar-refractivity contribution in [2.45, 2.75) is 26.7 Å². The molecule has 0 fully saturated rings. The normalized spacial score (nSPS) is 12.1. The summed E-state index contributed by atoms with van der Waals surface area (Å²) in [6, 6.07) is 14.5. The summed E-state index contributed by atoms with van der Waals surface area (Å²) in [6.45, 7) is 11.5. The maximum Gasteiger partial charge on any atom is 0.303 e. The average molecular weight is 541 g/mol. The number of carboxylic acid groups (broad SMARTS) is 1. The third-order valence-corrected chi connectivity index (χ3v) is 5.22. The topological polar surface area (TPSA) is 65.0 Å². The van der Waals surface area contributed by atoms with Crippen LogP contribution in [0.4, 0.5) is 4.39 Å². The van der Waals surface area contributed by atoms with Gasteiger partial charge in [0.2, 0.25) is 0 Å². The van der Waals surface area contributed by atoms with E-state index in [1.165, 1.54) is 0 Å². The molecule has 5 nitrogen and oxygen atoms in total. The number of aliphatic carboxylic acids is 1. The quantitative estimate of drug-likeness (QED) is 0.191. The number of halogens is 2. The second kappa shape index (κ2) is 18.3. The van der Waals surface area contributed by atoms with Gasteiger partial charge in [0, 0.05) is 17.5 Å². The van der Waals surface area contributed by atoms with Gasteiger partial charge in [0.15, 0.2) is 11.5 Å². The number of alkyl halides is 1. The van der Waals surface area contributed by atoms with Crippen molar-refractivity contribution >= 4 is 17.6 Å². The Kier molecular flexibility index (Phi) is 15.4. The number of allylic oxidation sites excluding steroid dienone is 7. The minimum absolute atomic E-state index is 0.0844. The average Bonchev–Trinajstić information content (AvgIpc) is 2.92. The van der Waals surface area contributed by atoms with E-state index in [9.17, 15) is 9.18 Å². The Morgan fingerprint density at radius 2 is 1.74 bits per heavy atom. The molecule has 0 amide bonds. The summed E-state index contributed by atoms with van der Waals surface area (Å²) in [5.74, 6) is 1.86. The SMILES string of the molecule is C=C/C=C\C(=C/CO/C(C=C)=C/C(C)=C(\C)CCC(=O)O)Oc1ccc(Cl)cc1Oc1ccccc1.CF. The molecule has 7 heteroatoms. The van der Waals surface area contributed by atoms with Gasteiger partial charge in [-0.3, -0.25) is 9.18 Å². The molecule has 38 heavy (non-hydrogen) atoms. The van der Waals surface area contributed by atoms with E-state index in [1.807, 2.05) is 50.3 Å². The molecule has 2 aromatic carbocycles. The van der Waals surface area contributed by atoms with E-state index in [1.54, 1.807) is 48.6 Å². The zero-order valence-electron chi connectivity index (χ0n) is 22.0. The smallest absolute Gasteiger partial charge is 0.303 e. The molecule has 1 N–H and O–H groups in total. The summed E-state index contributed by atoms with van der Waals surface area (Å²) in [5.41, 5.74) is 1.91. The predicted molar refractivity (Wildman–Crippen MR) is 153 cm³/mol. The summed E-state index contributed by atoms with van der Waals surface area (Å²) in [4.78, 5) is 10.8. The summed E-state index contributed by atoms with van der Waals surface area (Å²) in [7, 11) is 0.500. The lowest BCUT2D eigenvalue weighted by molar-refractivity contribution is -0.136. The molecule has 0 aromatic heterocycles. The summed E-state index contributed by atoms with van der Waals surface area (Å²) >= 11 is 6.19. The van der Waals surface area contributed by atoms with Gasteiger partial charge in [-0.15, -0.1) is 0 Å². The zero-order valence-corrected chi connectivity index (χ0v) is 22.7. The van der Waals surface area contributed by atoms with Gasteiger partial charge in [-0.1, -0.05) is 60.7 Å². The number of hydrogen-bond donors (Lipinski definition) is 1. The molecule has 0 unspecified atom stereocenters. The molecular weight excluding hydrogens is 507 g/mol. The standard InChI is InChI=1S/C30H31ClO5.CH3F/c1-5-7-11-27(18-19-34-25(6-2)20-23(4)22(3)14-17-30(32)33)35-28-16-15-24(31)21-29(28)36-26-12-9-8-10-13-26;1-2/h5-13,15-16,18,20-21H,1-2,14,17,19H2,3-4H3,(H,32,33);1H3/b11-7-,23-22+,25-20+,27-18+;. The van der Waals surface area contributed by atoms with E-state index in [-0.39, 0.29) is 13.0 Å². The second-order valence-corrected chi connectivity index (χ2v) is 8.16. The van der Waals surface area contributed by atoms with E-state index in [0.717, 1.165) is 11.1 Å². The fourth-order valence-electron chi connectivity index (χ4n) is 2.90. The molecular formula is C31H34ClFO5. The maximum absolute atomic E-state index is 10.8. The van der Waals surface area contributed by atoms with Gasteiger partial charge in [-0.25, -0.2) is 0 Å². The Balaban J connectivity index is 0.00000352. The van der Waals surface area contributed by atoms with Crippen molar-refractivity contribution in [3.8, 4) is 17.2 Å². The van der Waals surface area contributed by atoms with Crippen LogP contribution >= 0.6 is 11.6 Å². The number of ether oxygens (including phenoxy) is 3. The van der Waals surface area contributed by atoms with E-state index >= 15 is 0 Å². The highest BCUT2D eigenvalue weighted by atomic mass is 35.5. The zero-order chi connectivity index (χ0) is 28.3. The van der Waals surface area contributed by atoms with Crippen LogP contribution in [0.3, 0.4) is 0 Å². The van der Waals surface area contributed by atoms with Crippen LogP contribution in [0.5, 0.6) is 17.2 Å². The number of rotatable bonds is 14. The van der Waals surface area contributed by atoms with E-state index in [0.29, 0.717) is 47.4 Å². The Hall–Kier alpha value is -4.03. The predicted octanol–water partition coefficient (Wildman–Crippen LogP) is 9.01. The first-order chi connectivity index (χ1) is 18.3. The van der Waals surface area contributed by atoms with Crippen molar-refractivity contribution in [2.24, 2.45) is 0 Å². The summed E-state index contributed by atoms with van der Waals surface area (Å²) < 4.78 is 27.5. The number of carboxylic acids is 1. The Bertz CT molecular complexity index is 1180. The molecule has 0 radical (unpaired) electrons. The van der Waals surface area contributed by atoms with Gasteiger partial charge in [0.1, 0.15) is 23.9 Å². The number of para-hydroxylation sites is 1. The molecule has 2 rings (SSSR count). The van der Waals surface area contributed by atoms with Gasteiger partial charge >= 0.3 is 5.97 Å². The van der Waals surface area contributed by atoms with E-state index in [4.69, 9.17) is 30.9 Å². The third kappa shape index (κ3) is 12.3. The molecule has 0 bridgehead atoms. The minimum atomic E-state index is -0.824. The molecule has 0 atom stereocenters. The number of hydrogen-bond acceptors (Lipinski definition) is 4. The fraction of sp³-hybridized carbons (Fsp3) is 0.194. The van der Waals surface area contributed by atoms with Crippen LogP contribution in [0.1, 0.15) is 26.7 Å². The van der Waals surface area contributed by atoms with E-state index in [2.05, 4.69) is 13.2 Å². The molecule has 0 aliphatic heterocycles. The molecule has 202 valence electrons. The summed E-state index contributed by atoms with van der Waals surface area (Å²) in [6.07, 6.45) is 10.9.